The van der Waals surface area contributed by atoms with Crippen molar-refractivity contribution in [3.8, 4) is 0 Å². The number of nitrogens with one attached hydrogen (secondary N) is 1. The van der Waals surface area contributed by atoms with Crippen LogP contribution in [0.25, 0.3) is 0 Å². The first-order chi connectivity index (χ1) is 12.3. The fourth-order valence-electron chi connectivity index (χ4n) is 3.24. The Hall–Kier alpha value is -0.730. The number of amides is 1. The molecule has 0 spiro atoms. The molecule has 0 aromatic rings. The van der Waals surface area contributed by atoms with Crippen LogP contribution in [0.3, 0.4) is 0 Å². The van der Waals surface area contributed by atoms with E-state index in [2.05, 4.69) is 12.2 Å². The first kappa shape index (κ1) is 24.3. The average molecular weight is 356 g/mol. The van der Waals surface area contributed by atoms with E-state index in [0.717, 1.165) is 6.42 Å². The van der Waals surface area contributed by atoms with Gasteiger partial charge in [0.15, 0.2) is 0 Å². The summed E-state index contributed by atoms with van der Waals surface area (Å²) in [6, 6.07) is 0. The van der Waals surface area contributed by atoms with Crippen molar-refractivity contribution in [1.82, 2.24) is 5.32 Å². The van der Waals surface area contributed by atoms with Gasteiger partial charge in [-0.1, -0.05) is 116 Å². The van der Waals surface area contributed by atoms with Crippen LogP contribution in [0.2, 0.25) is 0 Å². The zero-order valence-electron chi connectivity index (χ0n) is 17.3. The van der Waals surface area contributed by atoms with Gasteiger partial charge in [0, 0.05) is 7.05 Å². The lowest BCUT2D eigenvalue weighted by atomic mass is 10.0. The molecule has 0 aromatic carbocycles. The predicted octanol–water partition coefficient (Wildman–Crippen LogP) is 7.38. The van der Waals surface area contributed by atoms with E-state index in [-0.39, 0.29) is 6.09 Å². The van der Waals surface area contributed by atoms with Crippen LogP contribution in [0.15, 0.2) is 0 Å². The maximum atomic E-state index is 10.9. The van der Waals surface area contributed by atoms with Crippen molar-refractivity contribution in [1.29, 1.82) is 0 Å². The molecule has 0 fully saturated rings. The van der Waals surface area contributed by atoms with E-state index in [1.54, 1.807) is 7.05 Å². The molecule has 25 heavy (non-hydrogen) atoms. The van der Waals surface area contributed by atoms with Gasteiger partial charge in [-0.25, -0.2) is 4.79 Å². The van der Waals surface area contributed by atoms with Crippen LogP contribution in [-0.2, 0) is 4.74 Å². The van der Waals surface area contributed by atoms with Crippen molar-refractivity contribution in [2.75, 3.05) is 13.7 Å². The monoisotopic (exact) mass is 355 g/mol. The van der Waals surface area contributed by atoms with Crippen LogP contribution < -0.4 is 5.32 Å². The third-order valence-electron chi connectivity index (χ3n) is 4.94. The Labute approximate surface area is 157 Å². The molecule has 0 aliphatic rings. The highest BCUT2D eigenvalue weighted by atomic mass is 16.5. The van der Waals surface area contributed by atoms with Crippen LogP contribution in [0, 0.1) is 0 Å². The molecule has 1 amide bonds. The number of carbonyl (C=O) groups is 1. The summed E-state index contributed by atoms with van der Waals surface area (Å²) in [4.78, 5) is 10.9. The highest BCUT2D eigenvalue weighted by Crippen LogP contribution is 2.14. The molecule has 150 valence electrons. The fourth-order valence-corrected chi connectivity index (χ4v) is 3.24. The number of rotatable bonds is 19. The molecule has 0 saturated carbocycles. The van der Waals surface area contributed by atoms with E-state index < -0.39 is 0 Å². The van der Waals surface area contributed by atoms with Gasteiger partial charge >= 0.3 is 6.09 Å². The van der Waals surface area contributed by atoms with Crippen molar-refractivity contribution >= 4 is 6.09 Å². The minimum absolute atomic E-state index is 0.313. The van der Waals surface area contributed by atoms with E-state index in [1.165, 1.54) is 109 Å². The van der Waals surface area contributed by atoms with E-state index >= 15 is 0 Å². The summed E-state index contributed by atoms with van der Waals surface area (Å²) in [7, 11) is 1.60. The summed E-state index contributed by atoms with van der Waals surface area (Å²) in [6.45, 7) is 2.84. The van der Waals surface area contributed by atoms with Gasteiger partial charge in [0.1, 0.15) is 0 Å². The normalized spacial score (nSPS) is 10.8. The molecule has 3 heteroatoms. The lowest BCUT2D eigenvalue weighted by Crippen LogP contribution is -2.19. The topological polar surface area (TPSA) is 38.3 Å². The van der Waals surface area contributed by atoms with Gasteiger partial charge in [0.05, 0.1) is 6.61 Å². The highest BCUT2D eigenvalue weighted by molar-refractivity contribution is 5.66. The fraction of sp³-hybridized carbons (Fsp3) is 0.955. The van der Waals surface area contributed by atoms with Gasteiger partial charge in [-0.15, -0.1) is 0 Å². The molecule has 1 N–H and O–H groups in total. The zero-order valence-corrected chi connectivity index (χ0v) is 17.3. The molecular formula is C22H45NO2. The van der Waals surface area contributed by atoms with Crippen LogP contribution in [0.4, 0.5) is 4.79 Å². The molecule has 0 unspecified atom stereocenters. The van der Waals surface area contributed by atoms with E-state index in [0.29, 0.717) is 6.61 Å². The van der Waals surface area contributed by atoms with Crippen molar-refractivity contribution in [2.24, 2.45) is 0 Å². The van der Waals surface area contributed by atoms with Crippen molar-refractivity contribution in [3.63, 3.8) is 0 Å². The molecule has 0 rings (SSSR count). The maximum Gasteiger partial charge on any atom is 0.406 e. The summed E-state index contributed by atoms with van der Waals surface area (Å²) in [5.74, 6) is 0. The molecular weight excluding hydrogens is 310 g/mol. The Balaban J connectivity index is 2.99. The number of unbranched alkanes of at least 4 members (excludes halogenated alkanes) is 17. The largest absolute Gasteiger partial charge is 0.450 e. The summed E-state index contributed by atoms with van der Waals surface area (Å²) in [5, 5.41) is 2.46. The van der Waals surface area contributed by atoms with Gasteiger partial charge in [-0.2, -0.15) is 0 Å². The van der Waals surface area contributed by atoms with Crippen molar-refractivity contribution in [2.45, 2.75) is 122 Å². The van der Waals surface area contributed by atoms with Gasteiger partial charge in [-0.05, 0) is 6.42 Å². The SMILES string of the molecule is CCCCCCCCCCCCCCCCCCCCOC(=O)NC. The Morgan fingerprint density at radius 3 is 1.24 bits per heavy atom. The quantitative estimate of drug-likeness (QED) is 0.245. The maximum absolute atomic E-state index is 10.9. The Bertz CT molecular complexity index is 269. The molecule has 0 radical (unpaired) electrons. The second-order valence-electron chi connectivity index (χ2n) is 7.40. The Morgan fingerprint density at radius 2 is 0.920 bits per heavy atom. The number of ether oxygens (including phenoxy) is 1. The number of hydrogen-bond donors (Lipinski definition) is 1. The molecule has 0 aliphatic carbocycles. The zero-order chi connectivity index (χ0) is 18.4. The first-order valence-corrected chi connectivity index (χ1v) is 11.2. The Kier molecular flexibility index (Phi) is 20.7. The summed E-state index contributed by atoms with van der Waals surface area (Å²) in [5.41, 5.74) is 0. The Morgan fingerprint density at radius 1 is 0.600 bits per heavy atom. The lowest BCUT2D eigenvalue weighted by molar-refractivity contribution is 0.146. The van der Waals surface area contributed by atoms with Crippen LogP contribution in [0.5, 0.6) is 0 Å². The molecule has 0 aromatic heterocycles. The third-order valence-corrected chi connectivity index (χ3v) is 4.94. The van der Waals surface area contributed by atoms with Gasteiger partial charge in [0.25, 0.3) is 0 Å². The molecule has 0 atom stereocenters. The molecule has 0 bridgehead atoms. The molecule has 0 saturated heterocycles. The smallest absolute Gasteiger partial charge is 0.406 e. The number of hydrogen-bond acceptors (Lipinski definition) is 2. The van der Waals surface area contributed by atoms with E-state index in [9.17, 15) is 4.79 Å². The molecule has 3 nitrogen and oxygen atoms in total. The van der Waals surface area contributed by atoms with Crippen LogP contribution in [-0.4, -0.2) is 19.7 Å². The van der Waals surface area contributed by atoms with Crippen molar-refractivity contribution in [3.05, 3.63) is 0 Å². The van der Waals surface area contributed by atoms with Crippen LogP contribution >= 0.6 is 0 Å². The number of carbonyl (C=O) groups excluding carboxylic acids is 1. The standard InChI is InChI=1S/C22H45NO2/c1-3-4-5-6-7-8-9-10-11-12-13-14-15-16-17-18-19-20-21-25-22(24)23-2/h3-21H2,1-2H3,(H,23,24). The predicted molar refractivity (Wildman–Crippen MR) is 109 cm³/mol. The summed E-state index contributed by atoms with van der Waals surface area (Å²) >= 11 is 0. The second kappa shape index (κ2) is 21.3. The van der Waals surface area contributed by atoms with Gasteiger partial charge in [-0.3, -0.25) is 0 Å². The van der Waals surface area contributed by atoms with Crippen LogP contribution in [0.1, 0.15) is 122 Å². The van der Waals surface area contributed by atoms with Crippen molar-refractivity contribution < 1.29 is 9.53 Å². The average Bonchev–Trinajstić information content (AvgIpc) is 2.63. The summed E-state index contributed by atoms with van der Waals surface area (Å²) in [6.07, 6.45) is 24.4. The minimum atomic E-state index is -0.313. The first-order valence-electron chi connectivity index (χ1n) is 11.2. The second-order valence-corrected chi connectivity index (χ2v) is 7.40. The van der Waals surface area contributed by atoms with E-state index in [4.69, 9.17) is 4.74 Å². The van der Waals surface area contributed by atoms with Gasteiger partial charge < -0.3 is 10.1 Å². The third kappa shape index (κ3) is 21.2. The summed E-state index contributed by atoms with van der Waals surface area (Å²) < 4.78 is 4.97. The lowest BCUT2D eigenvalue weighted by Gasteiger charge is -2.04. The van der Waals surface area contributed by atoms with Gasteiger partial charge in [0.2, 0.25) is 0 Å². The minimum Gasteiger partial charge on any atom is -0.450 e. The molecule has 0 heterocycles. The highest BCUT2D eigenvalue weighted by Gasteiger charge is 1.97. The molecule has 0 aliphatic heterocycles. The number of alkyl carbamates (subject to hydrolysis) is 1. The van der Waals surface area contributed by atoms with E-state index in [1.807, 2.05) is 0 Å².